The molecule has 1 atom stereocenters. The lowest BCUT2D eigenvalue weighted by Gasteiger charge is -2.26. The Balaban J connectivity index is 2.15. The fourth-order valence-electron chi connectivity index (χ4n) is 2.85. The predicted molar refractivity (Wildman–Crippen MR) is 101 cm³/mol. The third-order valence-corrected chi connectivity index (χ3v) is 4.90. The summed E-state index contributed by atoms with van der Waals surface area (Å²) in [7, 11) is 1.30. The monoisotopic (exact) mass is 340 g/mol. The van der Waals surface area contributed by atoms with Gasteiger partial charge < -0.3 is 9.47 Å². The van der Waals surface area contributed by atoms with Gasteiger partial charge in [-0.3, -0.25) is 0 Å². The summed E-state index contributed by atoms with van der Waals surface area (Å²) >= 11 is 0. The maximum atomic E-state index is 11.2. The van der Waals surface area contributed by atoms with Crippen molar-refractivity contribution in [3.63, 3.8) is 0 Å². The number of ether oxygens (including phenoxy) is 2. The van der Waals surface area contributed by atoms with Crippen molar-refractivity contribution in [2.75, 3.05) is 7.11 Å². The first kappa shape index (κ1) is 19.0. The fourth-order valence-corrected chi connectivity index (χ4v) is 2.85. The average Bonchev–Trinajstić information content (AvgIpc) is 2.62. The van der Waals surface area contributed by atoms with Gasteiger partial charge in [-0.25, -0.2) is 4.79 Å². The third kappa shape index (κ3) is 4.85. The summed E-state index contributed by atoms with van der Waals surface area (Å²) in [5.74, 6) is 1.19. The summed E-state index contributed by atoms with van der Waals surface area (Å²) in [6, 6.07) is 16.5. The molecule has 0 saturated carbocycles. The number of methoxy groups -OCH3 is 1. The topological polar surface area (TPSA) is 35.5 Å². The average molecular weight is 340 g/mol. The summed E-state index contributed by atoms with van der Waals surface area (Å²) in [6.45, 7) is 8.92. The van der Waals surface area contributed by atoms with E-state index >= 15 is 0 Å². The van der Waals surface area contributed by atoms with Crippen molar-refractivity contribution >= 4 is 6.16 Å². The molecular formula is C22H28O3. The Morgan fingerprint density at radius 1 is 1.00 bits per heavy atom. The fraction of sp³-hybridized carbons (Fsp3) is 0.409. The van der Waals surface area contributed by atoms with Crippen LogP contribution in [-0.4, -0.2) is 13.3 Å². The van der Waals surface area contributed by atoms with Crippen LogP contribution < -0.4 is 4.74 Å². The molecule has 134 valence electrons. The first-order valence-corrected chi connectivity index (χ1v) is 8.82. The Kier molecular flexibility index (Phi) is 6.24. The Labute approximate surface area is 151 Å². The zero-order chi connectivity index (χ0) is 18.4. The van der Waals surface area contributed by atoms with Crippen molar-refractivity contribution in [3.8, 4) is 5.75 Å². The molecular weight excluding hydrogens is 312 g/mol. The maximum Gasteiger partial charge on any atom is 0.513 e. The first-order chi connectivity index (χ1) is 11.9. The molecule has 0 aromatic heterocycles. The molecule has 0 amide bonds. The SMILES string of the molecule is CCC(C)Cc1ccc(C(C)(C)c2ccc(OC(=O)OC)cc2)cc1. The number of rotatable bonds is 6. The predicted octanol–water partition coefficient (Wildman–Crippen LogP) is 5.75. The quantitative estimate of drug-likeness (QED) is 0.496. The second-order valence-electron chi connectivity index (χ2n) is 7.12. The molecule has 0 bridgehead atoms. The molecule has 0 heterocycles. The molecule has 2 aromatic rings. The number of hydrogen-bond donors (Lipinski definition) is 0. The standard InChI is InChI=1S/C22H28O3/c1-6-16(2)15-17-7-9-18(10-8-17)22(3,4)19-11-13-20(14-12-19)25-21(23)24-5/h7-14,16H,6,15H2,1-5H3. The molecule has 1 unspecified atom stereocenters. The van der Waals surface area contributed by atoms with Crippen LogP contribution >= 0.6 is 0 Å². The molecule has 0 fully saturated rings. The van der Waals surface area contributed by atoms with E-state index in [9.17, 15) is 4.79 Å². The van der Waals surface area contributed by atoms with Gasteiger partial charge in [0.15, 0.2) is 0 Å². The molecule has 0 saturated heterocycles. The van der Waals surface area contributed by atoms with Crippen molar-refractivity contribution in [2.45, 2.75) is 46.0 Å². The highest BCUT2D eigenvalue weighted by Gasteiger charge is 2.23. The van der Waals surface area contributed by atoms with Gasteiger partial charge in [0.1, 0.15) is 5.75 Å². The highest BCUT2D eigenvalue weighted by atomic mass is 16.7. The van der Waals surface area contributed by atoms with Gasteiger partial charge >= 0.3 is 6.16 Å². The van der Waals surface area contributed by atoms with Crippen molar-refractivity contribution in [2.24, 2.45) is 5.92 Å². The van der Waals surface area contributed by atoms with Gasteiger partial charge in [0.05, 0.1) is 7.11 Å². The molecule has 0 radical (unpaired) electrons. The first-order valence-electron chi connectivity index (χ1n) is 8.82. The maximum absolute atomic E-state index is 11.2. The number of carbonyl (C=O) groups is 1. The highest BCUT2D eigenvalue weighted by molar-refractivity contribution is 5.63. The summed E-state index contributed by atoms with van der Waals surface area (Å²) in [5.41, 5.74) is 3.69. The highest BCUT2D eigenvalue weighted by Crippen LogP contribution is 2.32. The van der Waals surface area contributed by atoms with Crippen molar-refractivity contribution in [1.29, 1.82) is 0 Å². The van der Waals surface area contributed by atoms with Crippen LogP contribution in [0.15, 0.2) is 48.5 Å². The molecule has 0 aliphatic carbocycles. The van der Waals surface area contributed by atoms with Crippen LogP contribution in [0, 0.1) is 5.92 Å². The van der Waals surface area contributed by atoms with Crippen LogP contribution in [0.5, 0.6) is 5.75 Å². The van der Waals surface area contributed by atoms with E-state index in [1.54, 1.807) is 12.1 Å². The molecule has 3 nitrogen and oxygen atoms in total. The lowest BCUT2D eigenvalue weighted by Crippen LogP contribution is -2.19. The van der Waals surface area contributed by atoms with Crippen LogP contribution in [-0.2, 0) is 16.6 Å². The van der Waals surface area contributed by atoms with Gasteiger partial charge in [0.2, 0.25) is 0 Å². The van der Waals surface area contributed by atoms with Gasteiger partial charge in [0, 0.05) is 5.41 Å². The van der Waals surface area contributed by atoms with Gasteiger partial charge in [-0.1, -0.05) is 70.5 Å². The molecule has 0 spiro atoms. The van der Waals surface area contributed by atoms with E-state index < -0.39 is 6.16 Å². The number of carbonyl (C=O) groups excluding carboxylic acids is 1. The molecule has 3 heteroatoms. The van der Waals surface area contributed by atoms with Crippen LogP contribution in [0.4, 0.5) is 4.79 Å². The molecule has 2 aromatic carbocycles. The van der Waals surface area contributed by atoms with E-state index in [-0.39, 0.29) is 5.41 Å². The lowest BCUT2D eigenvalue weighted by molar-refractivity contribution is 0.121. The molecule has 0 N–H and O–H groups in total. The van der Waals surface area contributed by atoms with Crippen LogP contribution in [0.1, 0.15) is 50.8 Å². The van der Waals surface area contributed by atoms with E-state index in [0.717, 1.165) is 6.42 Å². The van der Waals surface area contributed by atoms with E-state index in [1.165, 1.54) is 30.2 Å². The lowest BCUT2D eigenvalue weighted by atomic mass is 9.78. The number of hydrogen-bond acceptors (Lipinski definition) is 3. The third-order valence-electron chi connectivity index (χ3n) is 4.90. The van der Waals surface area contributed by atoms with Crippen LogP contribution in [0.2, 0.25) is 0 Å². The molecule has 2 rings (SSSR count). The Bertz CT molecular complexity index is 684. The van der Waals surface area contributed by atoms with Gasteiger partial charge in [-0.15, -0.1) is 0 Å². The Morgan fingerprint density at radius 3 is 2.00 bits per heavy atom. The zero-order valence-corrected chi connectivity index (χ0v) is 15.8. The van der Waals surface area contributed by atoms with Crippen LogP contribution in [0.3, 0.4) is 0 Å². The molecule has 0 aliphatic heterocycles. The van der Waals surface area contributed by atoms with E-state index in [4.69, 9.17) is 4.74 Å². The minimum atomic E-state index is -0.705. The summed E-state index contributed by atoms with van der Waals surface area (Å²) in [6.07, 6.45) is 1.62. The molecule has 25 heavy (non-hydrogen) atoms. The second-order valence-corrected chi connectivity index (χ2v) is 7.12. The van der Waals surface area contributed by atoms with E-state index in [1.807, 2.05) is 12.1 Å². The van der Waals surface area contributed by atoms with Crippen molar-refractivity contribution in [3.05, 3.63) is 65.2 Å². The van der Waals surface area contributed by atoms with Gasteiger partial charge in [-0.05, 0) is 41.2 Å². The zero-order valence-electron chi connectivity index (χ0n) is 15.8. The van der Waals surface area contributed by atoms with Crippen molar-refractivity contribution < 1.29 is 14.3 Å². The summed E-state index contributed by atoms with van der Waals surface area (Å²) < 4.78 is 9.55. The Hall–Kier alpha value is -2.29. The minimum absolute atomic E-state index is 0.126. The minimum Gasteiger partial charge on any atom is -0.437 e. The second kappa shape index (κ2) is 8.19. The van der Waals surface area contributed by atoms with Gasteiger partial charge in [0.25, 0.3) is 0 Å². The van der Waals surface area contributed by atoms with E-state index in [2.05, 4.69) is 56.7 Å². The summed E-state index contributed by atoms with van der Waals surface area (Å²) in [4.78, 5) is 11.2. The largest absolute Gasteiger partial charge is 0.513 e. The molecule has 0 aliphatic rings. The van der Waals surface area contributed by atoms with Crippen LogP contribution in [0.25, 0.3) is 0 Å². The smallest absolute Gasteiger partial charge is 0.437 e. The van der Waals surface area contributed by atoms with E-state index in [0.29, 0.717) is 11.7 Å². The number of benzene rings is 2. The summed E-state index contributed by atoms with van der Waals surface area (Å²) in [5, 5.41) is 0. The Morgan fingerprint density at radius 2 is 1.52 bits per heavy atom. The van der Waals surface area contributed by atoms with Crippen molar-refractivity contribution in [1.82, 2.24) is 0 Å². The van der Waals surface area contributed by atoms with Gasteiger partial charge in [-0.2, -0.15) is 0 Å². The normalized spacial score (nSPS) is 12.5.